The third-order valence-corrected chi connectivity index (χ3v) is 4.65. The number of hydrogen-bond acceptors (Lipinski definition) is 5. The maximum absolute atomic E-state index is 12.6. The van der Waals surface area contributed by atoms with Crippen molar-refractivity contribution in [2.45, 2.75) is 12.5 Å². The Morgan fingerprint density at radius 2 is 2.00 bits per heavy atom. The fourth-order valence-corrected chi connectivity index (χ4v) is 3.04. The summed E-state index contributed by atoms with van der Waals surface area (Å²) < 4.78 is 31.6. The number of pyridine rings is 1. The number of Topliss-reactive ketones (excluding diaryl/α,β-unsaturated/α-hetero) is 1. The van der Waals surface area contributed by atoms with Gasteiger partial charge in [-0.15, -0.1) is 0 Å². The van der Waals surface area contributed by atoms with E-state index in [1.807, 2.05) is 24.3 Å². The lowest BCUT2D eigenvalue weighted by Gasteiger charge is -2.16. The van der Waals surface area contributed by atoms with Crippen molar-refractivity contribution in [1.29, 1.82) is 0 Å². The molecule has 1 aromatic heterocycles. The number of methoxy groups -OCH3 is 2. The van der Waals surface area contributed by atoms with Gasteiger partial charge in [0.1, 0.15) is 17.5 Å². The highest BCUT2D eigenvalue weighted by molar-refractivity contribution is 6.30. The van der Waals surface area contributed by atoms with Crippen LogP contribution in [0.5, 0.6) is 5.75 Å². The number of amidine groups is 1. The molecule has 0 fully saturated rings. The zero-order valence-electron chi connectivity index (χ0n) is 19.2. The number of nitrogens with two attached hydrogens (primary N) is 1. The van der Waals surface area contributed by atoms with Gasteiger partial charge in [0.05, 0.1) is 23.3 Å². The quantitative estimate of drug-likeness (QED) is 0.347. The lowest BCUT2D eigenvalue weighted by atomic mass is 9.96. The Morgan fingerprint density at radius 3 is 2.67 bits per heavy atom. The summed E-state index contributed by atoms with van der Waals surface area (Å²) >= 11 is 5.84. The van der Waals surface area contributed by atoms with Gasteiger partial charge in [0.25, 0.3) is 6.02 Å². The molecule has 7 heteroatoms. The summed E-state index contributed by atoms with van der Waals surface area (Å²) in [6.45, 7) is 0. The topological polar surface area (TPSA) is 86.8 Å². The summed E-state index contributed by atoms with van der Waals surface area (Å²) in [6.07, 6.45) is 1.58. The van der Waals surface area contributed by atoms with E-state index in [0.29, 0.717) is 10.7 Å². The van der Waals surface area contributed by atoms with Crippen molar-refractivity contribution in [3.8, 4) is 5.75 Å². The molecule has 2 N–H and O–H groups in total. The third kappa shape index (κ3) is 5.36. The number of ether oxygens (including phenoxy) is 2. The van der Waals surface area contributed by atoms with E-state index in [4.69, 9.17) is 30.9 Å². The second-order valence-electron chi connectivity index (χ2n) is 6.45. The van der Waals surface area contributed by atoms with Crippen molar-refractivity contribution in [2.75, 3.05) is 14.1 Å². The van der Waals surface area contributed by atoms with E-state index in [9.17, 15) is 4.79 Å². The monoisotopic (exact) mass is 426 g/mol. The number of halogens is 1. The summed E-state index contributed by atoms with van der Waals surface area (Å²) in [5, 5.41) is 0.459. The lowest BCUT2D eigenvalue weighted by molar-refractivity contribution is 0.0988. The molecule has 30 heavy (non-hydrogen) atoms. The van der Waals surface area contributed by atoms with Crippen molar-refractivity contribution in [3.05, 3.63) is 94.3 Å². The number of hydrogen-bond donors (Lipinski definition) is 1. The predicted molar refractivity (Wildman–Crippen MR) is 117 cm³/mol. The first-order chi connectivity index (χ1) is 15.6. The summed E-state index contributed by atoms with van der Waals surface area (Å²) in [6, 6.07) is 16.5. The Morgan fingerprint density at radius 1 is 1.20 bits per heavy atom. The van der Waals surface area contributed by atoms with Gasteiger partial charge in [-0.2, -0.15) is 0 Å². The Balaban J connectivity index is 1.89. The first kappa shape index (κ1) is 17.5. The molecule has 0 amide bonds. The Kier molecular flexibility index (Phi) is 5.76. The molecule has 0 spiro atoms. The number of nitrogens with zero attached hydrogens (tertiary/aromatic N) is 2. The van der Waals surface area contributed by atoms with E-state index in [1.54, 1.807) is 36.4 Å². The zero-order valence-corrected chi connectivity index (χ0v) is 17.0. The largest absolute Gasteiger partial charge is 0.497 e. The van der Waals surface area contributed by atoms with Gasteiger partial charge in [-0.25, -0.2) is 4.99 Å². The molecule has 1 atom stereocenters. The van der Waals surface area contributed by atoms with Crippen LogP contribution in [-0.4, -0.2) is 30.9 Å². The zero-order chi connectivity index (χ0) is 24.0. The van der Waals surface area contributed by atoms with Gasteiger partial charge in [-0.1, -0.05) is 48.0 Å². The van der Waals surface area contributed by atoms with Crippen LogP contribution < -0.4 is 10.5 Å². The maximum atomic E-state index is 12.6. The highest BCUT2D eigenvalue weighted by Gasteiger charge is 2.16. The fraction of sp³-hybridized carbons (Fsp3) is 0.174. The number of carbonyl (C=O) groups excluding carboxylic acids is 1. The molecule has 0 saturated carbocycles. The van der Waals surface area contributed by atoms with Gasteiger partial charge in [-0.3, -0.25) is 9.78 Å². The fourth-order valence-electron chi connectivity index (χ4n) is 2.93. The van der Waals surface area contributed by atoms with Gasteiger partial charge in [0.15, 0.2) is 5.78 Å². The minimum Gasteiger partial charge on any atom is -0.497 e. The summed E-state index contributed by atoms with van der Waals surface area (Å²) in [4.78, 5) is 21.1. The van der Waals surface area contributed by atoms with E-state index in [0.717, 1.165) is 16.7 Å². The smallest absolute Gasteiger partial charge is 0.282 e. The number of ketones is 1. The number of carbonyl (C=O) groups is 1. The molecule has 0 radical (unpaired) electrons. The van der Waals surface area contributed by atoms with Crippen LogP contribution in [-0.2, 0) is 11.2 Å². The van der Waals surface area contributed by atoms with E-state index in [2.05, 4.69) is 9.98 Å². The second kappa shape index (κ2) is 9.89. The van der Waals surface area contributed by atoms with Crippen LogP contribution in [0.15, 0.2) is 71.9 Å². The van der Waals surface area contributed by atoms with Crippen molar-refractivity contribution >= 4 is 23.4 Å². The van der Waals surface area contributed by atoms with Gasteiger partial charge < -0.3 is 15.2 Å². The van der Waals surface area contributed by atoms with Gasteiger partial charge >= 0.3 is 0 Å². The molecule has 154 valence electrons. The highest BCUT2D eigenvalue weighted by atomic mass is 35.5. The van der Waals surface area contributed by atoms with E-state index in [1.165, 1.54) is 13.3 Å². The predicted octanol–water partition coefficient (Wildman–Crippen LogP) is 4.22. The van der Waals surface area contributed by atoms with Crippen LogP contribution in [0.3, 0.4) is 0 Å². The summed E-state index contributed by atoms with van der Waals surface area (Å²) in [5.74, 6) is 0.0578. The molecule has 0 aliphatic heterocycles. The number of aromatic nitrogens is 1. The SMILES string of the molecule is [2H]C([2H])([2H])Oc1ccc(C(N=C(N)OC)c2cccc(CC(=O)c3ccc(Cl)cn3)c2)cc1. The van der Waals surface area contributed by atoms with Crippen molar-refractivity contribution in [3.63, 3.8) is 0 Å². The molecule has 0 aliphatic carbocycles. The molecular weight excluding hydrogens is 402 g/mol. The van der Waals surface area contributed by atoms with Crippen molar-refractivity contribution in [2.24, 2.45) is 10.7 Å². The van der Waals surface area contributed by atoms with Crippen molar-refractivity contribution in [1.82, 2.24) is 4.98 Å². The molecular formula is C23H22ClN3O3. The second-order valence-corrected chi connectivity index (χ2v) is 6.89. The van der Waals surface area contributed by atoms with Gasteiger partial charge in [0, 0.05) is 12.6 Å². The lowest BCUT2D eigenvalue weighted by Crippen LogP contribution is -2.16. The third-order valence-electron chi connectivity index (χ3n) is 4.42. The van der Waals surface area contributed by atoms with Crippen LogP contribution in [0, 0.1) is 0 Å². The number of rotatable bonds is 7. The minimum atomic E-state index is -2.54. The first-order valence-corrected chi connectivity index (χ1v) is 9.42. The normalized spacial score (nSPS) is 14.2. The average molecular weight is 427 g/mol. The molecule has 0 aliphatic rings. The van der Waals surface area contributed by atoms with Crippen LogP contribution in [0.4, 0.5) is 0 Å². The van der Waals surface area contributed by atoms with E-state index in [-0.39, 0.29) is 24.0 Å². The number of aliphatic imine (C=N–C) groups is 1. The highest BCUT2D eigenvalue weighted by Crippen LogP contribution is 2.28. The molecule has 1 unspecified atom stereocenters. The molecule has 2 aromatic carbocycles. The Hall–Kier alpha value is -3.38. The standard InChI is InChI=1S/C23H22ClN3O3/c1-29-19-9-6-16(7-10-19)22(27-23(25)30-2)17-5-3-4-15(12-17)13-21(28)20-11-8-18(24)14-26-20/h3-12,14,22H,13H2,1-2H3,(H2,25,27)/i1D3. The van der Waals surface area contributed by atoms with Crippen LogP contribution in [0.1, 0.15) is 37.3 Å². The van der Waals surface area contributed by atoms with Crippen LogP contribution >= 0.6 is 11.6 Å². The number of benzene rings is 2. The average Bonchev–Trinajstić information content (AvgIpc) is 2.77. The van der Waals surface area contributed by atoms with Crippen LogP contribution in [0.2, 0.25) is 5.02 Å². The summed E-state index contributed by atoms with van der Waals surface area (Å²) in [7, 11) is -1.13. The maximum Gasteiger partial charge on any atom is 0.282 e. The van der Waals surface area contributed by atoms with Gasteiger partial charge in [-0.05, 0) is 41.0 Å². The molecule has 3 rings (SSSR count). The molecule has 0 bridgehead atoms. The first-order valence-electron chi connectivity index (χ1n) is 10.5. The Labute approximate surface area is 184 Å². The summed E-state index contributed by atoms with van der Waals surface area (Å²) in [5.41, 5.74) is 8.43. The van der Waals surface area contributed by atoms with Gasteiger partial charge in [0.2, 0.25) is 0 Å². The Bertz CT molecular complexity index is 1130. The van der Waals surface area contributed by atoms with Crippen LogP contribution in [0.25, 0.3) is 0 Å². The van der Waals surface area contributed by atoms with E-state index < -0.39 is 13.1 Å². The van der Waals surface area contributed by atoms with Crippen molar-refractivity contribution < 1.29 is 18.4 Å². The minimum absolute atomic E-state index is 0.0188. The molecule has 1 heterocycles. The molecule has 0 saturated heterocycles. The molecule has 6 nitrogen and oxygen atoms in total. The molecule has 3 aromatic rings. The van der Waals surface area contributed by atoms with E-state index >= 15 is 0 Å².